The summed E-state index contributed by atoms with van der Waals surface area (Å²) in [6, 6.07) is 0.961. The Morgan fingerprint density at radius 2 is 2.14 bits per heavy atom. The minimum Gasteiger partial charge on any atom is -0.366 e. The molecule has 1 unspecified atom stereocenters. The maximum atomic E-state index is 15.1. The van der Waals surface area contributed by atoms with Crippen LogP contribution in [0.1, 0.15) is 36.3 Å². The van der Waals surface area contributed by atoms with Crippen LogP contribution in [0.4, 0.5) is 10.1 Å². The number of hydrogen-bond acceptors (Lipinski definition) is 3. The number of nitrogens with zero attached hydrogens (tertiary/aromatic N) is 1. The van der Waals surface area contributed by atoms with Crippen LogP contribution in [0.5, 0.6) is 0 Å². The zero-order valence-corrected chi connectivity index (χ0v) is 16.7. The number of carbonyl (C=O) groups is 2. The van der Waals surface area contributed by atoms with Gasteiger partial charge in [-0.15, -0.1) is 0 Å². The summed E-state index contributed by atoms with van der Waals surface area (Å²) in [5.74, 6) is 3.58. The number of amides is 2. The molecule has 4 N–H and O–H groups in total. The largest absolute Gasteiger partial charge is 0.366 e. The van der Waals surface area contributed by atoms with Gasteiger partial charge in [-0.3, -0.25) is 9.59 Å². The van der Waals surface area contributed by atoms with E-state index in [0.717, 1.165) is 12.5 Å². The standard InChI is InChI=1S/C20H22ClFN4O2/c1-4-5-15(27)25-12-6-10(2)8-26(9-12)19-14(22)7-13(20(23)28)18-16(19)17(21)11(3)24-18/h7,10,12,24H,6,8-9H2,1-3H3,(H2,23,28)(H,25,27)/t10?,12-/m0/s1. The van der Waals surface area contributed by atoms with E-state index in [4.69, 9.17) is 17.3 Å². The number of benzene rings is 1. The van der Waals surface area contributed by atoms with E-state index < -0.39 is 11.7 Å². The van der Waals surface area contributed by atoms with Gasteiger partial charge in [-0.1, -0.05) is 24.4 Å². The normalized spacial score (nSPS) is 19.2. The van der Waals surface area contributed by atoms with Gasteiger partial charge < -0.3 is 20.9 Å². The van der Waals surface area contributed by atoms with Gasteiger partial charge in [-0.05, 0) is 38.2 Å². The molecule has 2 aromatic rings. The van der Waals surface area contributed by atoms with Crippen LogP contribution in [-0.2, 0) is 4.79 Å². The third kappa shape index (κ3) is 3.65. The monoisotopic (exact) mass is 404 g/mol. The van der Waals surface area contributed by atoms with E-state index in [1.807, 2.05) is 11.8 Å². The van der Waals surface area contributed by atoms with E-state index in [9.17, 15) is 9.59 Å². The summed E-state index contributed by atoms with van der Waals surface area (Å²) in [6.45, 7) is 6.38. The summed E-state index contributed by atoms with van der Waals surface area (Å²) < 4.78 is 15.1. The Kier molecular flexibility index (Phi) is 5.52. The van der Waals surface area contributed by atoms with Gasteiger partial charge in [0.2, 0.25) is 0 Å². The van der Waals surface area contributed by atoms with E-state index in [-0.39, 0.29) is 23.4 Å². The number of hydrogen-bond donors (Lipinski definition) is 3. The SMILES string of the molecule is CC#CC(=O)N[C@H]1CC(C)CN(c2c(F)cc(C(N)=O)c3[nH]c(C)c(Cl)c23)C1. The average Bonchev–Trinajstić information content (AvgIpc) is 2.89. The van der Waals surface area contributed by atoms with Crippen molar-refractivity contribution in [3.8, 4) is 11.8 Å². The molecule has 0 bridgehead atoms. The highest BCUT2D eigenvalue weighted by atomic mass is 35.5. The highest BCUT2D eigenvalue weighted by Crippen LogP contribution is 2.40. The summed E-state index contributed by atoms with van der Waals surface area (Å²) in [5, 5.41) is 3.66. The van der Waals surface area contributed by atoms with Crippen molar-refractivity contribution >= 4 is 40.0 Å². The lowest BCUT2D eigenvalue weighted by atomic mass is 9.94. The molecule has 2 amide bonds. The van der Waals surface area contributed by atoms with Gasteiger partial charge >= 0.3 is 0 Å². The second kappa shape index (κ2) is 7.72. The summed E-state index contributed by atoms with van der Waals surface area (Å²) >= 11 is 6.45. The maximum absolute atomic E-state index is 15.1. The summed E-state index contributed by atoms with van der Waals surface area (Å²) in [5.41, 5.74) is 6.83. The number of nitrogens with one attached hydrogen (secondary N) is 2. The van der Waals surface area contributed by atoms with Crippen molar-refractivity contribution in [3.05, 3.63) is 28.2 Å². The van der Waals surface area contributed by atoms with E-state index in [1.54, 1.807) is 13.8 Å². The Balaban J connectivity index is 2.08. The lowest BCUT2D eigenvalue weighted by Gasteiger charge is -2.38. The van der Waals surface area contributed by atoms with Crippen LogP contribution >= 0.6 is 11.6 Å². The predicted octanol–water partition coefficient (Wildman–Crippen LogP) is 2.72. The summed E-state index contributed by atoms with van der Waals surface area (Å²) in [7, 11) is 0. The van der Waals surface area contributed by atoms with Gasteiger partial charge in [0.15, 0.2) is 0 Å². The number of H-pyrrole nitrogens is 1. The molecule has 2 atom stereocenters. The predicted molar refractivity (Wildman–Crippen MR) is 108 cm³/mol. The van der Waals surface area contributed by atoms with Crippen molar-refractivity contribution < 1.29 is 14.0 Å². The van der Waals surface area contributed by atoms with Crippen LogP contribution in [0.3, 0.4) is 0 Å². The van der Waals surface area contributed by atoms with Gasteiger partial charge in [0.25, 0.3) is 11.8 Å². The highest BCUT2D eigenvalue weighted by molar-refractivity contribution is 6.38. The number of carbonyl (C=O) groups excluding carboxylic acids is 2. The minimum absolute atomic E-state index is 0.0550. The number of aromatic nitrogens is 1. The number of piperidine rings is 1. The molecule has 2 heterocycles. The molecule has 28 heavy (non-hydrogen) atoms. The number of halogens is 2. The quantitative estimate of drug-likeness (QED) is 0.687. The Morgan fingerprint density at radius 1 is 1.43 bits per heavy atom. The molecule has 1 aromatic heterocycles. The molecular weight excluding hydrogens is 383 g/mol. The third-order valence-corrected chi connectivity index (χ3v) is 5.40. The molecule has 1 saturated heterocycles. The number of fused-ring (bicyclic) bond motifs is 1. The Morgan fingerprint density at radius 3 is 2.79 bits per heavy atom. The highest BCUT2D eigenvalue weighted by Gasteiger charge is 2.31. The second-order valence-electron chi connectivity index (χ2n) is 7.22. The number of aryl methyl sites for hydroxylation is 1. The molecule has 0 radical (unpaired) electrons. The van der Waals surface area contributed by atoms with Crippen LogP contribution in [-0.4, -0.2) is 35.9 Å². The topological polar surface area (TPSA) is 91.2 Å². The summed E-state index contributed by atoms with van der Waals surface area (Å²) in [6.07, 6.45) is 0.762. The fourth-order valence-electron chi connectivity index (χ4n) is 3.89. The van der Waals surface area contributed by atoms with Gasteiger partial charge in [0.05, 0.1) is 21.8 Å². The molecule has 1 fully saturated rings. The van der Waals surface area contributed by atoms with Crippen LogP contribution in [0.2, 0.25) is 5.02 Å². The Bertz CT molecular complexity index is 1020. The molecule has 0 aliphatic carbocycles. The minimum atomic E-state index is -0.733. The van der Waals surface area contributed by atoms with Crippen molar-refractivity contribution in [2.45, 2.75) is 33.2 Å². The molecular formula is C20H22ClFN4O2. The lowest BCUT2D eigenvalue weighted by Crippen LogP contribution is -2.50. The van der Waals surface area contributed by atoms with Gasteiger partial charge in [0.1, 0.15) is 5.82 Å². The van der Waals surface area contributed by atoms with E-state index in [1.165, 1.54) is 0 Å². The van der Waals surface area contributed by atoms with E-state index in [0.29, 0.717) is 40.4 Å². The molecule has 1 aromatic carbocycles. The van der Waals surface area contributed by atoms with Crippen LogP contribution in [0, 0.1) is 30.5 Å². The first-order valence-corrected chi connectivity index (χ1v) is 9.39. The first kappa shape index (κ1) is 20.0. The van der Waals surface area contributed by atoms with Crippen molar-refractivity contribution in [2.75, 3.05) is 18.0 Å². The molecule has 0 spiro atoms. The van der Waals surface area contributed by atoms with Crippen molar-refractivity contribution in [3.63, 3.8) is 0 Å². The number of nitrogens with two attached hydrogens (primary N) is 1. The fourth-order valence-corrected chi connectivity index (χ4v) is 4.12. The second-order valence-corrected chi connectivity index (χ2v) is 7.60. The molecule has 0 saturated carbocycles. The van der Waals surface area contributed by atoms with Crippen LogP contribution in [0.15, 0.2) is 6.07 Å². The number of rotatable bonds is 3. The Labute approximate surface area is 167 Å². The van der Waals surface area contributed by atoms with Crippen LogP contribution < -0.4 is 16.0 Å². The van der Waals surface area contributed by atoms with E-state index in [2.05, 4.69) is 22.1 Å². The number of primary amides is 1. The summed E-state index contributed by atoms with van der Waals surface area (Å²) in [4.78, 5) is 28.5. The third-order valence-electron chi connectivity index (χ3n) is 4.93. The van der Waals surface area contributed by atoms with E-state index >= 15 is 4.39 Å². The molecule has 6 nitrogen and oxygen atoms in total. The Hall–Kier alpha value is -2.72. The lowest BCUT2D eigenvalue weighted by molar-refractivity contribution is -0.116. The molecule has 1 aliphatic rings. The zero-order chi connectivity index (χ0) is 20.6. The molecule has 148 valence electrons. The van der Waals surface area contributed by atoms with Crippen molar-refractivity contribution in [1.29, 1.82) is 0 Å². The first-order valence-electron chi connectivity index (χ1n) is 9.01. The zero-order valence-electron chi connectivity index (χ0n) is 16.0. The smallest absolute Gasteiger partial charge is 0.296 e. The van der Waals surface area contributed by atoms with Gasteiger partial charge in [-0.25, -0.2) is 4.39 Å². The molecule has 8 heteroatoms. The van der Waals surface area contributed by atoms with Crippen molar-refractivity contribution in [1.82, 2.24) is 10.3 Å². The first-order chi connectivity index (χ1) is 13.2. The molecule has 1 aliphatic heterocycles. The number of aromatic amines is 1. The van der Waals surface area contributed by atoms with Crippen LogP contribution in [0.25, 0.3) is 10.9 Å². The van der Waals surface area contributed by atoms with Gasteiger partial charge in [-0.2, -0.15) is 0 Å². The average molecular weight is 405 g/mol. The fraction of sp³-hybridized carbons (Fsp3) is 0.400. The molecule has 3 rings (SSSR count). The maximum Gasteiger partial charge on any atom is 0.296 e. The van der Waals surface area contributed by atoms with Crippen molar-refractivity contribution in [2.24, 2.45) is 11.7 Å². The number of anilines is 1. The van der Waals surface area contributed by atoms with Gasteiger partial charge in [0, 0.05) is 30.2 Å².